The lowest BCUT2D eigenvalue weighted by Gasteiger charge is -2.41. The minimum Gasteiger partial charge on any atom is -0.0776 e. The van der Waals surface area contributed by atoms with Gasteiger partial charge in [-0.1, -0.05) is 128 Å². The summed E-state index contributed by atoms with van der Waals surface area (Å²) >= 11 is 0. The number of rotatable bonds is 6. The van der Waals surface area contributed by atoms with Crippen LogP contribution in [-0.4, -0.2) is 8.07 Å². The zero-order valence-corrected chi connectivity index (χ0v) is 19.5. The van der Waals surface area contributed by atoms with Crippen molar-refractivity contribution in [2.75, 3.05) is 0 Å². The second-order valence-electron chi connectivity index (χ2n) is 9.66. The molecule has 0 saturated carbocycles. The van der Waals surface area contributed by atoms with Crippen LogP contribution >= 0.6 is 0 Å². The van der Waals surface area contributed by atoms with Gasteiger partial charge in [-0.25, -0.2) is 0 Å². The van der Waals surface area contributed by atoms with E-state index in [0.29, 0.717) is 5.41 Å². The minimum absolute atomic E-state index is 0. The summed E-state index contributed by atoms with van der Waals surface area (Å²) < 4.78 is 0. The molecular weight excluding hydrogens is 304 g/mol. The maximum absolute atomic E-state index is 2.55. The predicted octanol–water partition coefficient (Wildman–Crippen LogP) is 9.53. The van der Waals surface area contributed by atoms with Crippen molar-refractivity contribution in [2.45, 2.75) is 128 Å². The van der Waals surface area contributed by atoms with Gasteiger partial charge < -0.3 is 0 Å². The van der Waals surface area contributed by atoms with Crippen LogP contribution in [0, 0.1) is 23.2 Å². The highest BCUT2D eigenvalue weighted by Gasteiger charge is 2.37. The molecule has 0 fully saturated rings. The molecule has 0 unspecified atom stereocenters. The third-order valence-corrected chi connectivity index (χ3v) is 14.9. The largest absolute Gasteiger partial charge is 0.0776 e. The van der Waals surface area contributed by atoms with Gasteiger partial charge in [-0.2, -0.15) is 0 Å². The van der Waals surface area contributed by atoms with Gasteiger partial charge in [-0.05, 0) is 23.2 Å². The van der Waals surface area contributed by atoms with Crippen LogP contribution in [0.15, 0.2) is 0 Å². The quantitative estimate of drug-likeness (QED) is 0.413. The van der Waals surface area contributed by atoms with Crippen molar-refractivity contribution in [3.63, 3.8) is 0 Å². The molecule has 152 valence electrons. The number of hydrogen-bond donors (Lipinski definition) is 0. The fourth-order valence-electron chi connectivity index (χ4n) is 4.00. The molecule has 0 amide bonds. The zero-order valence-electron chi connectivity index (χ0n) is 18.5. The van der Waals surface area contributed by atoms with Crippen molar-refractivity contribution in [1.29, 1.82) is 0 Å². The molecule has 1 heteroatoms. The normalized spacial score (nSPS) is 12.5. The van der Waals surface area contributed by atoms with Gasteiger partial charge in [-0.3, -0.25) is 0 Å². The zero-order chi connectivity index (χ0) is 18.5. The van der Waals surface area contributed by atoms with Crippen LogP contribution in [0.3, 0.4) is 0 Å². The van der Waals surface area contributed by atoms with Crippen LogP contribution < -0.4 is 0 Å². The van der Waals surface area contributed by atoms with E-state index >= 15 is 0 Å². The molecule has 0 bridgehead atoms. The first-order valence-electron chi connectivity index (χ1n) is 9.66. The minimum atomic E-state index is -0.981. The van der Waals surface area contributed by atoms with Crippen molar-refractivity contribution in [3.8, 4) is 0 Å². The Bertz CT molecular complexity index is 211. The van der Waals surface area contributed by atoms with E-state index in [1.807, 2.05) is 0 Å². The SMILES string of the molecule is C.C.CC(C)C(C)(C(C)C)C(C)C.CC(C)[Si](C)(C(C)C)C(C)C. The van der Waals surface area contributed by atoms with E-state index in [-0.39, 0.29) is 14.9 Å². The molecule has 0 aliphatic rings. The molecule has 0 radical (unpaired) electrons. The summed E-state index contributed by atoms with van der Waals surface area (Å²) in [5, 5.41) is 0. The van der Waals surface area contributed by atoms with Crippen LogP contribution in [0.25, 0.3) is 0 Å². The van der Waals surface area contributed by atoms with Gasteiger partial charge in [0.15, 0.2) is 0 Å². The summed E-state index contributed by atoms with van der Waals surface area (Å²) in [5.74, 6) is 2.34. The van der Waals surface area contributed by atoms with E-state index < -0.39 is 8.07 Å². The average molecular weight is 361 g/mol. The van der Waals surface area contributed by atoms with Gasteiger partial charge >= 0.3 is 0 Å². The maximum Gasteiger partial charge on any atom is 0.0581 e. The Labute approximate surface area is 159 Å². The Morgan fingerprint density at radius 2 is 0.667 bits per heavy atom. The summed E-state index contributed by atoms with van der Waals surface area (Å²) in [6.45, 7) is 33.3. The molecule has 0 rings (SSSR count). The summed E-state index contributed by atoms with van der Waals surface area (Å²) in [7, 11) is -0.981. The van der Waals surface area contributed by atoms with Gasteiger partial charge in [0.05, 0.1) is 8.07 Å². The molecule has 0 nitrogen and oxygen atoms in total. The summed E-state index contributed by atoms with van der Waals surface area (Å²) in [6, 6.07) is 0. The standard InChI is InChI=1S/C11H24.C10H24Si.2CH4/c2*1-8(2)11(7,9(3)4)10(5)6;;/h2*8-10H,1-7H3;2*1H4. The Morgan fingerprint density at radius 1 is 0.500 bits per heavy atom. The molecule has 0 aliphatic carbocycles. The Kier molecular flexibility index (Phi) is 16.7. The first-order valence-corrected chi connectivity index (χ1v) is 12.4. The van der Waals surface area contributed by atoms with Crippen molar-refractivity contribution in [3.05, 3.63) is 0 Å². The second-order valence-corrected chi connectivity index (χ2v) is 15.9. The van der Waals surface area contributed by atoms with Crippen LogP contribution in [0.4, 0.5) is 0 Å². The highest BCUT2D eigenvalue weighted by Crippen LogP contribution is 2.42. The van der Waals surface area contributed by atoms with Crippen LogP contribution in [-0.2, 0) is 0 Å². The summed E-state index contributed by atoms with van der Waals surface area (Å²) in [5.41, 5.74) is 3.26. The highest BCUT2D eigenvalue weighted by atomic mass is 28.3. The van der Waals surface area contributed by atoms with Crippen LogP contribution in [0.1, 0.15) is 105 Å². The van der Waals surface area contributed by atoms with Crippen LogP contribution in [0.2, 0.25) is 23.2 Å². The van der Waals surface area contributed by atoms with Gasteiger partial charge in [0.1, 0.15) is 0 Å². The average Bonchev–Trinajstić information content (AvgIpc) is 2.35. The second kappa shape index (κ2) is 12.6. The fourth-order valence-corrected chi connectivity index (χ4v) is 8.00. The van der Waals surface area contributed by atoms with E-state index in [1.54, 1.807) is 0 Å². The van der Waals surface area contributed by atoms with E-state index in [4.69, 9.17) is 0 Å². The third kappa shape index (κ3) is 7.62. The van der Waals surface area contributed by atoms with Crippen molar-refractivity contribution < 1.29 is 0 Å². The third-order valence-electron chi connectivity index (χ3n) is 7.46. The molecule has 24 heavy (non-hydrogen) atoms. The topological polar surface area (TPSA) is 0 Å². The van der Waals surface area contributed by atoms with Crippen molar-refractivity contribution >= 4 is 8.07 Å². The van der Waals surface area contributed by atoms with E-state index in [9.17, 15) is 0 Å². The Morgan fingerprint density at radius 3 is 0.667 bits per heavy atom. The number of hydrogen-bond acceptors (Lipinski definition) is 0. The van der Waals surface area contributed by atoms with Gasteiger partial charge in [-0.15, -0.1) is 0 Å². The molecule has 0 atom stereocenters. The Balaban J connectivity index is -0.000000154. The molecule has 0 aromatic heterocycles. The highest BCUT2D eigenvalue weighted by molar-refractivity contribution is 6.82. The van der Waals surface area contributed by atoms with E-state index in [0.717, 1.165) is 34.4 Å². The lowest BCUT2D eigenvalue weighted by molar-refractivity contribution is 0.0732. The lowest BCUT2D eigenvalue weighted by atomic mass is 9.64. The first-order chi connectivity index (χ1) is 9.66. The molecule has 0 aromatic carbocycles. The molecule has 0 N–H and O–H groups in total. The molecule has 0 aromatic rings. The molecule has 0 saturated heterocycles. The molecule has 0 spiro atoms. The predicted molar refractivity (Wildman–Crippen MR) is 123 cm³/mol. The summed E-state index contributed by atoms with van der Waals surface area (Å²) in [6.07, 6.45) is 0. The van der Waals surface area contributed by atoms with Crippen molar-refractivity contribution in [2.24, 2.45) is 23.2 Å². The maximum atomic E-state index is 2.55. The fraction of sp³-hybridized carbons (Fsp3) is 1.00. The van der Waals surface area contributed by atoms with Crippen molar-refractivity contribution in [1.82, 2.24) is 0 Å². The van der Waals surface area contributed by atoms with Gasteiger partial charge in [0.2, 0.25) is 0 Å². The Hall–Kier alpha value is 0.217. The van der Waals surface area contributed by atoms with Gasteiger partial charge in [0, 0.05) is 0 Å². The molecule has 0 aliphatic heterocycles. The van der Waals surface area contributed by atoms with E-state index in [2.05, 4.69) is 96.6 Å². The molecule has 0 heterocycles. The van der Waals surface area contributed by atoms with Gasteiger partial charge in [0.25, 0.3) is 0 Å². The lowest BCUT2D eigenvalue weighted by Crippen LogP contribution is -2.40. The first kappa shape index (κ1) is 31.9. The molecular formula is C23H56Si. The summed E-state index contributed by atoms with van der Waals surface area (Å²) in [4.78, 5) is 0. The smallest absolute Gasteiger partial charge is 0.0581 e. The van der Waals surface area contributed by atoms with Crippen LogP contribution in [0.5, 0.6) is 0 Å². The monoisotopic (exact) mass is 360 g/mol. The van der Waals surface area contributed by atoms with E-state index in [1.165, 1.54) is 0 Å².